The number of alkyl carbamates (subject to hydrolysis) is 1. The van der Waals surface area contributed by atoms with Crippen LogP contribution >= 0.6 is 11.6 Å². The van der Waals surface area contributed by atoms with Gasteiger partial charge in [0, 0.05) is 11.6 Å². The van der Waals surface area contributed by atoms with Crippen molar-refractivity contribution in [1.29, 1.82) is 0 Å². The van der Waals surface area contributed by atoms with Gasteiger partial charge in [0.1, 0.15) is 5.60 Å². The highest BCUT2D eigenvalue weighted by molar-refractivity contribution is 6.30. The van der Waals surface area contributed by atoms with Gasteiger partial charge in [-0.2, -0.15) is 0 Å². The zero-order chi connectivity index (χ0) is 13.8. The van der Waals surface area contributed by atoms with E-state index in [0.29, 0.717) is 5.02 Å². The Labute approximate surface area is 112 Å². The van der Waals surface area contributed by atoms with Crippen molar-refractivity contribution in [2.24, 2.45) is 5.73 Å². The number of carbonyl (C=O) groups excluding carboxylic acids is 1. The molecule has 0 radical (unpaired) electrons. The summed E-state index contributed by atoms with van der Waals surface area (Å²) < 4.78 is 5.18. The molecular formula is C13H19ClN2O2. The van der Waals surface area contributed by atoms with Crippen molar-refractivity contribution >= 4 is 17.7 Å². The van der Waals surface area contributed by atoms with Gasteiger partial charge in [0.2, 0.25) is 0 Å². The molecule has 3 N–H and O–H groups in total. The molecule has 1 amide bonds. The summed E-state index contributed by atoms with van der Waals surface area (Å²) in [5.74, 6) is 0. The van der Waals surface area contributed by atoms with Crippen LogP contribution in [0.3, 0.4) is 0 Å². The molecule has 1 rings (SSSR count). The molecule has 0 saturated heterocycles. The fraction of sp³-hybridized carbons (Fsp3) is 0.462. The molecule has 0 fully saturated rings. The Morgan fingerprint density at radius 2 is 2.17 bits per heavy atom. The first kappa shape index (κ1) is 14.8. The van der Waals surface area contributed by atoms with E-state index >= 15 is 0 Å². The van der Waals surface area contributed by atoms with Gasteiger partial charge in [-0.25, -0.2) is 4.79 Å². The van der Waals surface area contributed by atoms with Crippen LogP contribution in [0.5, 0.6) is 0 Å². The van der Waals surface area contributed by atoms with Crippen molar-refractivity contribution in [3.63, 3.8) is 0 Å². The van der Waals surface area contributed by atoms with Crippen LogP contribution < -0.4 is 11.1 Å². The Morgan fingerprint density at radius 3 is 2.67 bits per heavy atom. The second-order valence-electron chi connectivity index (χ2n) is 4.99. The van der Waals surface area contributed by atoms with E-state index in [1.165, 1.54) is 0 Å². The highest BCUT2D eigenvalue weighted by Gasteiger charge is 2.19. The lowest BCUT2D eigenvalue weighted by atomic mass is 10.1. The third kappa shape index (κ3) is 4.94. The molecule has 0 bridgehead atoms. The van der Waals surface area contributed by atoms with Crippen LogP contribution in [0.15, 0.2) is 24.3 Å². The highest BCUT2D eigenvalue weighted by Crippen LogP contribution is 2.17. The van der Waals surface area contributed by atoms with Gasteiger partial charge in [-0.3, -0.25) is 0 Å². The van der Waals surface area contributed by atoms with Crippen molar-refractivity contribution in [2.75, 3.05) is 6.54 Å². The van der Waals surface area contributed by atoms with E-state index in [-0.39, 0.29) is 12.6 Å². The molecule has 0 unspecified atom stereocenters. The average Bonchev–Trinajstić information content (AvgIpc) is 2.23. The van der Waals surface area contributed by atoms with E-state index in [1.807, 2.05) is 32.9 Å². The Bertz CT molecular complexity index is 416. The van der Waals surface area contributed by atoms with E-state index in [4.69, 9.17) is 22.1 Å². The number of hydrogen-bond donors (Lipinski definition) is 2. The SMILES string of the molecule is CC(C)(C)OC(=O)N[C@@H](CN)c1cccc(Cl)c1. The van der Waals surface area contributed by atoms with Gasteiger partial charge < -0.3 is 15.8 Å². The minimum absolute atomic E-state index is 0.277. The molecule has 0 aliphatic carbocycles. The quantitative estimate of drug-likeness (QED) is 0.888. The molecule has 18 heavy (non-hydrogen) atoms. The number of rotatable bonds is 3. The number of nitrogens with two attached hydrogens (primary N) is 1. The molecule has 1 aromatic rings. The van der Waals surface area contributed by atoms with Gasteiger partial charge in [-0.15, -0.1) is 0 Å². The first-order valence-corrected chi connectivity index (χ1v) is 6.14. The first-order chi connectivity index (χ1) is 8.31. The van der Waals surface area contributed by atoms with E-state index in [9.17, 15) is 4.79 Å². The molecule has 1 aromatic carbocycles. The van der Waals surface area contributed by atoms with Crippen LogP contribution in [-0.2, 0) is 4.74 Å². The van der Waals surface area contributed by atoms with Gasteiger partial charge in [0.25, 0.3) is 0 Å². The van der Waals surface area contributed by atoms with Gasteiger partial charge in [-0.1, -0.05) is 23.7 Å². The number of carbonyl (C=O) groups is 1. The smallest absolute Gasteiger partial charge is 0.408 e. The molecule has 0 aliphatic heterocycles. The van der Waals surface area contributed by atoms with Crippen LogP contribution in [0.4, 0.5) is 4.79 Å². The molecule has 100 valence electrons. The number of halogens is 1. The van der Waals surface area contributed by atoms with Crippen molar-refractivity contribution < 1.29 is 9.53 Å². The predicted octanol–water partition coefficient (Wildman–Crippen LogP) is 2.86. The lowest BCUT2D eigenvalue weighted by Gasteiger charge is -2.23. The molecule has 4 nitrogen and oxygen atoms in total. The molecule has 5 heteroatoms. The Morgan fingerprint density at radius 1 is 1.50 bits per heavy atom. The second-order valence-corrected chi connectivity index (χ2v) is 5.43. The van der Waals surface area contributed by atoms with E-state index in [0.717, 1.165) is 5.56 Å². The standard InChI is InChI=1S/C13H19ClN2O2/c1-13(2,3)18-12(17)16-11(8-15)9-5-4-6-10(14)7-9/h4-7,11H,8,15H2,1-3H3,(H,16,17)/t11-/m0/s1. The zero-order valence-corrected chi connectivity index (χ0v) is 11.6. The van der Waals surface area contributed by atoms with Crippen LogP contribution in [0, 0.1) is 0 Å². The molecule has 0 saturated carbocycles. The fourth-order valence-electron chi connectivity index (χ4n) is 1.45. The van der Waals surface area contributed by atoms with Crippen LogP contribution in [0.2, 0.25) is 5.02 Å². The third-order valence-electron chi connectivity index (χ3n) is 2.18. The number of benzene rings is 1. The zero-order valence-electron chi connectivity index (χ0n) is 10.9. The molecule has 0 spiro atoms. The number of amides is 1. The summed E-state index contributed by atoms with van der Waals surface area (Å²) in [6.07, 6.45) is -0.488. The monoisotopic (exact) mass is 270 g/mol. The van der Waals surface area contributed by atoms with E-state index in [2.05, 4.69) is 5.32 Å². The largest absolute Gasteiger partial charge is 0.444 e. The van der Waals surface area contributed by atoms with Crippen molar-refractivity contribution in [3.05, 3.63) is 34.9 Å². The lowest BCUT2D eigenvalue weighted by Crippen LogP contribution is -2.37. The minimum atomic E-state index is -0.530. The van der Waals surface area contributed by atoms with Crippen LogP contribution in [0.1, 0.15) is 32.4 Å². The summed E-state index contributed by atoms with van der Waals surface area (Å²) in [5, 5.41) is 3.33. The number of hydrogen-bond acceptors (Lipinski definition) is 3. The van der Waals surface area contributed by atoms with Crippen molar-refractivity contribution in [3.8, 4) is 0 Å². The van der Waals surface area contributed by atoms with Gasteiger partial charge in [0.15, 0.2) is 0 Å². The Hall–Kier alpha value is -1.26. The normalized spacial score (nSPS) is 12.9. The lowest BCUT2D eigenvalue weighted by molar-refractivity contribution is 0.0505. The number of ether oxygens (including phenoxy) is 1. The summed E-state index contributed by atoms with van der Waals surface area (Å²) in [5.41, 5.74) is 5.98. The second kappa shape index (κ2) is 6.07. The topological polar surface area (TPSA) is 64.3 Å². The Balaban J connectivity index is 2.71. The summed E-state index contributed by atoms with van der Waals surface area (Å²) >= 11 is 5.90. The molecular weight excluding hydrogens is 252 g/mol. The molecule has 0 aliphatic rings. The molecule has 0 heterocycles. The van der Waals surface area contributed by atoms with E-state index in [1.54, 1.807) is 12.1 Å². The Kier molecular flexibility index (Phi) is 4.99. The van der Waals surface area contributed by atoms with E-state index < -0.39 is 11.7 Å². The number of nitrogens with one attached hydrogen (secondary N) is 1. The van der Waals surface area contributed by atoms with Gasteiger partial charge in [-0.05, 0) is 38.5 Å². The van der Waals surface area contributed by atoms with Crippen LogP contribution in [-0.4, -0.2) is 18.2 Å². The summed E-state index contributed by atoms with van der Waals surface area (Å²) in [7, 11) is 0. The van der Waals surface area contributed by atoms with Crippen molar-refractivity contribution in [1.82, 2.24) is 5.32 Å². The summed E-state index contributed by atoms with van der Waals surface area (Å²) in [6, 6.07) is 6.92. The average molecular weight is 271 g/mol. The maximum Gasteiger partial charge on any atom is 0.408 e. The predicted molar refractivity (Wildman–Crippen MR) is 72.6 cm³/mol. The minimum Gasteiger partial charge on any atom is -0.444 e. The van der Waals surface area contributed by atoms with Crippen LogP contribution in [0.25, 0.3) is 0 Å². The maximum absolute atomic E-state index is 11.7. The maximum atomic E-state index is 11.7. The van der Waals surface area contributed by atoms with Gasteiger partial charge in [0.05, 0.1) is 6.04 Å². The molecule has 1 atom stereocenters. The van der Waals surface area contributed by atoms with Crippen molar-refractivity contribution in [2.45, 2.75) is 32.4 Å². The fourth-order valence-corrected chi connectivity index (χ4v) is 1.65. The summed E-state index contributed by atoms with van der Waals surface area (Å²) in [4.78, 5) is 11.7. The third-order valence-corrected chi connectivity index (χ3v) is 2.41. The first-order valence-electron chi connectivity index (χ1n) is 5.77. The van der Waals surface area contributed by atoms with Gasteiger partial charge >= 0.3 is 6.09 Å². The highest BCUT2D eigenvalue weighted by atomic mass is 35.5. The summed E-state index contributed by atoms with van der Waals surface area (Å²) in [6.45, 7) is 5.70. The molecule has 0 aromatic heterocycles.